The van der Waals surface area contributed by atoms with Gasteiger partial charge >= 0.3 is 0 Å². The van der Waals surface area contributed by atoms with Crippen molar-refractivity contribution in [2.45, 2.75) is 33.1 Å². The van der Waals surface area contributed by atoms with Gasteiger partial charge in [-0.1, -0.05) is 6.07 Å². The fraction of sp³-hybridized carbons (Fsp3) is 0.429. The maximum absolute atomic E-state index is 11.7. The summed E-state index contributed by atoms with van der Waals surface area (Å²) in [6, 6.07) is 3.88. The molecule has 1 unspecified atom stereocenters. The molecule has 96 valence electrons. The smallest absolute Gasteiger partial charge is 0.234 e. The Morgan fingerprint density at radius 3 is 2.56 bits per heavy atom. The van der Waals surface area contributed by atoms with Crippen molar-refractivity contribution < 1.29 is 14.3 Å². The van der Waals surface area contributed by atoms with Crippen LogP contribution < -0.4 is 10.1 Å². The molecule has 0 saturated carbocycles. The molecular formula is C14H17NO3. The second-order valence-corrected chi connectivity index (χ2v) is 4.58. The maximum Gasteiger partial charge on any atom is 0.234 e. The largest absolute Gasteiger partial charge is 0.494 e. The van der Waals surface area contributed by atoms with E-state index in [-0.39, 0.29) is 24.2 Å². The lowest BCUT2D eigenvalue weighted by Crippen LogP contribution is -2.21. The van der Waals surface area contributed by atoms with Gasteiger partial charge in [-0.05, 0) is 43.5 Å². The Morgan fingerprint density at radius 2 is 2.00 bits per heavy atom. The summed E-state index contributed by atoms with van der Waals surface area (Å²) in [5, 5.41) is 2.34. The van der Waals surface area contributed by atoms with E-state index in [1.165, 1.54) is 0 Å². The van der Waals surface area contributed by atoms with Crippen LogP contribution in [0.2, 0.25) is 0 Å². The van der Waals surface area contributed by atoms with Gasteiger partial charge in [-0.15, -0.1) is 0 Å². The normalized spacial score (nSPS) is 18.9. The summed E-state index contributed by atoms with van der Waals surface area (Å²) in [6.07, 6.45) is 0.243. The number of carbonyl (C=O) groups is 2. The van der Waals surface area contributed by atoms with Crippen LogP contribution in [0.15, 0.2) is 12.1 Å². The minimum absolute atomic E-state index is 0.198. The van der Waals surface area contributed by atoms with Crippen LogP contribution in [0.3, 0.4) is 0 Å². The lowest BCUT2D eigenvalue weighted by atomic mass is 9.91. The van der Waals surface area contributed by atoms with Crippen molar-refractivity contribution in [1.82, 2.24) is 5.32 Å². The number of benzene rings is 1. The molecule has 4 heteroatoms. The van der Waals surface area contributed by atoms with Crippen LogP contribution in [-0.2, 0) is 9.59 Å². The summed E-state index contributed by atoms with van der Waals surface area (Å²) in [4.78, 5) is 22.9. The number of aryl methyl sites for hydroxylation is 2. The molecule has 1 N–H and O–H groups in total. The lowest BCUT2D eigenvalue weighted by molar-refractivity contribution is -0.125. The highest BCUT2D eigenvalue weighted by atomic mass is 16.5. The summed E-state index contributed by atoms with van der Waals surface area (Å²) < 4.78 is 5.52. The van der Waals surface area contributed by atoms with Gasteiger partial charge in [-0.2, -0.15) is 0 Å². The Hall–Kier alpha value is -1.84. The van der Waals surface area contributed by atoms with E-state index in [1.807, 2.05) is 32.9 Å². The molecule has 1 saturated heterocycles. The third-order valence-corrected chi connectivity index (χ3v) is 3.21. The average molecular weight is 247 g/mol. The molecule has 0 bridgehead atoms. The fourth-order valence-electron chi connectivity index (χ4n) is 2.30. The number of ether oxygens (including phenoxy) is 1. The molecule has 1 aliphatic heterocycles. The highest BCUT2D eigenvalue weighted by Gasteiger charge is 2.33. The van der Waals surface area contributed by atoms with E-state index >= 15 is 0 Å². The summed E-state index contributed by atoms with van der Waals surface area (Å²) in [5.41, 5.74) is 2.89. The SMILES string of the molecule is CCOc1cc(C)c(C2CC(=O)NC2=O)cc1C. The lowest BCUT2D eigenvalue weighted by Gasteiger charge is -2.15. The molecule has 1 heterocycles. The molecule has 1 fully saturated rings. The summed E-state index contributed by atoms with van der Waals surface area (Å²) in [5.74, 6) is 0.0814. The van der Waals surface area contributed by atoms with E-state index in [2.05, 4.69) is 5.32 Å². The zero-order chi connectivity index (χ0) is 13.3. The first-order valence-corrected chi connectivity index (χ1v) is 6.10. The minimum atomic E-state index is -0.355. The Balaban J connectivity index is 2.37. The number of nitrogens with one attached hydrogen (secondary N) is 1. The minimum Gasteiger partial charge on any atom is -0.494 e. The van der Waals surface area contributed by atoms with Crippen LogP contribution >= 0.6 is 0 Å². The molecule has 0 spiro atoms. The van der Waals surface area contributed by atoms with Gasteiger partial charge in [0.15, 0.2) is 0 Å². The van der Waals surface area contributed by atoms with Crippen molar-refractivity contribution in [3.8, 4) is 5.75 Å². The molecule has 1 aromatic carbocycles. The number of rotatable bonds is 3. The first-order valence-electron chi connectivity index (χ1n) is 6.10. The van der Waals surface area contributed by atoms with Crippen LogP contribution in [-0.4, -0.2) is 18.4 Å². The molecule has 0 aliphatic carbocycles. The number of imide groups is 1. The van der Waals surface area contributed by atoms with Gasteiger partial charge in [0.25, 0.3) is 0 Å². The average Bonchev–Trinajstić information content (AvgIpc) is 2.63. The van der Waals surface area contributed by atoms with Gasteiger partial charge in [0.1, 0.15) is 5.75 Å². The number of amides is 2. The van der Waals surface area contributed by atoms with Crippen LogP contribution in [0.25, 0.3) is 0 Å². The Kier molecular flexibility index (Phi) is 3.36. The zero-order valence-electron chi connectivity index (χ0n) is 10.9. The van der Waals surface area contributed by atoms with E-state index in [0.29, 0.717) is 6.61 Å². The predicted octanol–water partition coefficient (Wildman–Crippen LogP) is 1.83. The highest BCUT2D eigenvalue weighted by molar-refractivity contribution is 6.06. The Labute approximate surface area is 106 Å². The van der Waals surface area contributed by atoms with E-state index in [4.69, 9.17) is 4.74 Å². The highest BCUT2D eigenvalue weighted by Crippen LogP contribution is 2.31. The number of hydrogen-bond acceptors (Lipinski definition) is 3. The quantitative estimate of drug-likeness (QED) is 0.829. The number of hydrogen-bond donors (Lipinski definition) is 1. The van der Waals surface area contributed by atoms with Gasteiger partial charge in [0.2, 0.25) is 11.8 Å². The molecule has 2 amide bonds. The fourth-order valence-corrected chi connectivity index (χ4v) is 2.30. The van der Waals surface area contributed by atoms with Crippen LogP contribution in [0.5, 0.6) is 5.75 Å². The van der Waals surface area contributed by atoms with Gasteiger partial charge < -0.3 is 4.74 Å². The van der Waals surface area contributed by atoms with Gasteiger partial charge in [0.05, 0.1) is 12.5 Å². The van der Waals surface area contributed by atoms with Crippen molar-refractivity contribution in [3.05, 3.63) is 28.8 Å². The molecule has 18 heavy (non-hydrogen) atoms. The summed E-state index contributed by atoms with van der Waals surface area (Å²) in [7, 11) is 0. The molecule has 0 radical (unpaired) electrons. The number of carbonyl (C=O) groups excluding carboxylic acids is 2. The van der Waals surface area contributed by atoms with E-state index in [0.717, 1.165) is 22.4 Å². The summed E-state index contributed by atoms with van der Waals surface area (Å²) in [6.45, 7) is 6.43. The van der Waals surface area contributed by atoms with Gasteiger partial charge in [0, 0.05) is 6.42 Å². The van der Waals surface area contributed by atoms with E-state index in [1.54, 1.807) is 0 Å². The molecule has 1 aliphatic rings. The maximum atomic E-state index is 11.7. The Morgan fingerprint density at radius 1 is 1.28 bits per heavy atom. The first-order chi connectivity index (χ1) is 8.52. The van der Waals surface area contributed by atoms with Crippen molar-refractivity contribution in [2.24, 2.45) is 0 Å². The molecule has 1 atom stereocenters. The second kappa shape index (κ2) is 4.80. The third kappa shape index (κ3) is 2.23. The van der Waals surface area contributed by atoms with Crippen molar-refractivity contribution in [1.29, 1.82) is 0 Å². The van der Waals surface area contributed by atoms with E-state index < -0.39 is 0 Å². The first kappa shape index (κ1) is 12.6. The van der Waals surface area contributed by atoms with Crippen molar-refractivity contribution in [2.75, 3.05) is 6.61 Å². The molecule has 4 nitrogen and oxygen atoms in total. The topological polar surface area (TPSA) is 55.4 Å². The molecule has 1 aromatic rings. The zero-order valence-corrected chi connectivity index (χ0v) is 10.9. The van der Waals surface area contributed by atoms with Crippen LogP contribution in [0, 0.1) is 13.8 Å². The monoisotopic (exact) mass is 247 g/mol. The Bertz CT molecular complexity index is 508. The van der Waals surface area contributed by atoms with E-state index in [9.17, 15) is 9.59 Å². The second-order valence-electron chi connectivity index (χ2n) is 4.58. The van der Waals surface area contributed by atoms with Crippen molar-refractivity contribution in [3.63, 3.8) is 0 Å². The van der Waals surface area contributed by atoms with Crippen molar-refractivity contribution >= 4 is 11.8 Å². The molecule has 0 aromatic heterocycles. The van der Waals surface area contributed by atoms with Gasteiger partial charge in [-0.25, -0.2) is 0 Å². The standard InChI is InChI=1S/C14H17NO3/c1-4-18-12-6-8(2)10(5-9(12)3)11-7-13(16)15-14(11)17/h5-6,11H,4,7H2,1-3H3,(H,15,16,17). The van der Waals surface area contributed by atoms with Gasteiger partial charge in [-0.3, -0.25) is 14.9 Å². The predicted molar refractivity (Wildman–Crippen MR) is 67.6 cm³/mol. The van der Waals surface area contributed by atoms with Crippen LogP contribution in [0.4, 0.5) is 0 Å². The molecule has 2 rings (SSSR count). The summed E-state index contributed by atoms with van der Waals surface area (Å²) >= 11 is 0. The molecular weight excluding hydrogens is 230 g/mol. The van der Waals surface area contributed by atoms with Crippen LogP contribution in [0.1, 0.15) is 36.0 Å². The third-order valence-electron chi connectivity index (χ3n) is 3.21.